The number of alkyl halides is 4. The Morgan fingerprint density at radius 2 is 0.899 bits per heavy atom. The second-order valence-corrected chi connectivity index (χ2v) is 34.9. The van der Waals surface area contributed by atoms with Crippen LogP contribution in [0.25, 0.3) is 10.8 Å². The number of carbonyl (C=O) groups excluding carboxylic acids is 6. The zero-order valence-electron chi connectivity index (χ0n) is 44.0. The summed E-state index contributed by atoms with van der Waals surface area (Å²) >= 11 is 18.7. The first-order valence-corrected chi connectivity index (χ1v) is 38.6. The van der Waals surface area contributed by atoms with Gasteiger partial charge >= 0.3 is 46.3 Å². The highest BCUT2D eigenvalue weighted by Gasteiger charge is 2.64. The molecule has 21 nitrogen and oxygen atoms in total. The summed E-state index contributed by atoms with van der Waals surface area (Å²) in [5, 5.41) is -9.08. The number of fused-ring (bicyclic) bond motifs is 1. The van der Waals surface area contributed by atoms with Gasteiger partial charge in [-0.2, -0.15) is 17.6 Å². The average Bonchev–Trinajstić information content (AvgIpc) is 0.718. The van der Waals surface area contributed by atoms with E-state index in [-0.39, 0.29) is 40.1 Å². The largest absolute Gasteiger partial charge is 0.748 e. The second kappa shape index (κ2) is 31.4. The van der Waals surface area contributed by atoms with Crippen molar-refractivity contribution in [3.05, 3.63) is 128 Å². The molecular formula is C52H36F4I9O21S3-3. The highest BCUT2D eigenvalue weighted by molar-refractivity contribution is 14.1. The predicted molar refractivity (Wildman–Crippen MR) is 379 cm³/mol. The van der Waals surface area contributed by atoms with Gasteiger partial charge in [0.25, 0.3) is 0 Å². The SMILES string of the molecule is O=C(/C=C\C(=O)Oc1c(I)cc(I)cc1I)OCC(F)(F)S(=O)(=O)[O-].O=C(OCC(F)(F)S(=O)(=O)[O-])c1cccc2cccc(C(=O)Oc3c(I)cc(I)cc3I)c12.O=C(OCCS(=O)(=O)[O-])C12CC3CC(C1)CC(C(=O)Oc1c(I)cc(I)cc1I)(C3)C2. The van der Waals surface area contributed by atoms with Crippen molar-refractivity contribution < 1.29 is 114 Å². The number of carbonyl (C=O) groups is 6. The summed E-state index contributed by atoms with van der Waals surface area (Å²) < 4.78 is 185. The number of hydrogen-bond donors (Lipinski definition) is 0. The molecule has 2 unspecified atom stereocenters. The fourth-order valence-electron chi connectivity index (χ4n) is 9.88. The Kier molecular flexibility index (Phi) is 27.2. The third kappa shape index (κ3) is 20.5. The van der Waals surface area contributed by atoms with Gasteiger partial charge in [-0.15, -0.1) is 0 Å². The zero-order valence-corrected chi connectivity index (χ0v) is 65.9. The Balaban J connectivity index is 0.000000215. The molecule has 4 fully saturated rings. The van der Waals surface area contributed by atoms with Gasteiger partial charge in [0.05, 0.1) is 59.2 Å². The Hall–Kier alpha value is -1.06. The third-order valence-corrected chi connectivity index (χ3v) is 22.2. The minimum Gasteiger partial charge on any atom is -0.748 e. The van der Waals surface area contributed by atoms with Crippen LogP contribution in [-0.2, 0) is 63.7 Å². The van der Waals surface area contributed by atoms with E-state index in [1.807, 2.05) is 115 Å². The van der Waals surface area contributed by atoms with Gasteiger partial charge in [-0.05, 0) is 308 Å². The first kappa shape index (κ1) is 77.0. The summed E-state index contributed by atoms with van der Waals surface area (Å²) in [5.74, 6) is -4.46. The molecule has 0 amide bonds. The number of ether oxygens (including phenoxy) is 6. The van der Waals surface area contributed by atoms with Gasteiger partial charge in [0.1, 0.15) is 6.61 Å². The zero-order chi connectivity index (χ0) is 66.6. The first-order valence-electron chi connectivity index (χ1n) is 24.5. The van der Waals surface area contributed by atoms with Gasteiger partial charge in [0.15, 0.2) is 50.7 Å². The minimum absolute atomic E-state index is 0.0339. The molecule has 0 radical (unpaired) electrons. The number of hydrogen-bond acceptors (Lipinski definition) is 21. The van der Waals surface area contributed by atoms with Gasteiger partial charge in [-0.25, -0.2) is 44.4 Å². The molecule has 2 atom stereocenters. The summed E-state index contributed by atoms with van der Waals surface area (Å²) in [7, 11) is -16.4. The molecular weight excluding hydrogens is 2270 g/mol. The van der Waals surface area contributed by atoms with Gasteiger partial charge in [-0.1, -0.05) is 24.3 Å². The van der Waals surface area contributed by atoms with Gasteiger partial charge < -0.3 is 42.1 Å². The maximum Gasteiger partial charge on any atom is 0.367 e. The van der Waals surface area contributed by atoms with Crippen molar-refractivity contribution in [3.8, 4) is 17.2 Å². The molecule has 89 heavy (non-hydrogen) atoms. The number of halogens is 13. The van der Waals surface area contributed by atoms with Crippen LogP contribution < -0.4 is 14.2 Å². The monoisotopic (exact) mass is 2310 g/mol. The van der Waals surface area contributed by atoms with Crippen molar-refractivity contribution in [2.45, 2.75) is 49.0 Å². The quantitative estimate of drug-likeness (QED) is 0.0150. The van der Waals surface area contributed by atoms with Gasteiger partial charge in [-0.3, -0.25) is 9.59 Å². The number of rotatable bonds is 18. The highest BCUT2D eigenvalue weighted by atomic mass is 127. The van der Waals surface area contributed by atoms with Crippen molar-refractivity contribution in [2.24, 2.45) is 22.7 Å². The van der Waals surface area contributed by atoms with Crippen LogP contribution in [0.5, 0.6) is 17.2 Å². The molecule has 4 saturated carbocycles. The van der Waals surface area contributed by atoms with E-state index in [1.54, 1.807) is 30.3 Å². The van der Waals surface area contributed by atoms with Crippen LogP contribution in [0.4, 0.5) is 17.6 Å². The maximum absolute atomic E-state index is 13.5. The normalized spacial score (nSPS) is 18.8. The Morgan fingerprint density at radius 1 is 0.517 bits per heavy atom. The van der Waals surface area contributed by atoms with Crippen molar-refractivity contribution in [1.82, 2.24) is 0 Å². The second-order valence-electron chi connectivity index (χ2n) is 19.6. The van der Waals surface area contributed by atoms with Crippen molar-refractivity contribution >= 4 is 280 Å². The van der Waals surface area contributed by atoms with Crippen LogP contribution in [0.15, 0.2) is 84.9 Å². The molecule has 0 heterocycles. The van der Waals surface area contributed by atoms with Gasteiger partial charge in [0.2, 0.25) is 0 Å². The first-order chi connectivity index (χ1) is 41.1. The molecule has 482 valence electrons. The summed E-state index contributed by atoms with van der Waals surface area (Å²) in [5.41, 5.74) is -1.84. The fraction of sp³-hybridized carbons (Fsp3) is 0.308. The molecule has 0 aromatic heterocycles. The van der Waals surface area contributed by atoms with Crippen LogP contribution in [0.1, 0.15) is 59.2 Å². The summed E-state index contributed by atoms with van der Waals surface area (Å²) in [6, 6.07) is 19.8. The third-order valence-electron chi connectivity index (χ3n) is 13.2. The van der Waals surface area contributed by atoms with Crippen molar-refractivity contribution in [2.75, 3.05) is 25.6 Å². The van der Waals surface area contributed by atoms with Crippen LogP contribution in [0.2, 0.25) is 0 Å². The smallest absolute Gasteiger partial charge is 0.367 e. The van der Waals surface area contributed by atoms with E-state index in [1.165, 1.54) is 18.2 Å². The fourth-order valence-corrected chi connectivity index (χ4v) is 22.0. The highest BCUT2D eigenvalue weighted by Crippen LogP contribution is 2.66. The molecule has 9 rings (SSSR count). The Bertz CT molecular complexity index is 3960. The summed E-state index contributed by atoms with van der Waals surface area (Å²) in [6.45, 7) is -4.36. The minimum atomic E-state index is -6.03. The van der Waals surface area contributed by atoms with Crippen molar-refractivity contribution in [3.63, 3.8) is 0 Å². The van der Waals surface area contributed by atoms with Gasteiger partial charge in [0, 0.05) is 28.2 Å². The Morgan fingerprint density at radius 3 is 1.33 bits per heavy atom. The molecule has 4 aliphatic rings. The van der Waals surface area contributed by atoms with Crippen LogP contribution in [0.3, 0.4) is 0 Å². The lowest BCUT2D eigenvalue weighted by molar-refractivity contribution is -0.189. The predicted octanol–water partition coefficient (Wildman–Crippen LogP) is 11.9. The number of benzene rings is 5. The topological polar surface area (TPSA) is 329 Å². The lowest BCUT2D eigenvalue weighted by atomic mass is 9.44. The molecule has 0 spiro atoms. The molecule has 0 aliphatic heterocycles. The maximum atomic E-state index is 13.5. The lowest BCUT2D eigenvalue weighted by Gasteiger charge is -2.59. The molecule has 0 saturated heterocycles. The molecule has 4 bridgehead atoms. The molecule has 5 aromatic carbocycles. The van der Waals surface area contributed by atoms with E-state index in [0.717, 1.165) is 24.3 Å². The molecule has 5 aromatic rings. The van der Waals surface area contributed by atoms with Crippen molar-refractivity contribution in [1.29, 1.82) is 0 Å². The molecule has 37 heteroatoms. The van der Waals surface area contributed by atoms with E-state index in [2.05, 4.69) is 122 Å². The van der Waals surface area contributed by atoms with E-state index >= 15 is 0 Å². The van der Waals surface area contributed by atoms with E-state index in [0.29, 0.717) is 75.4 Å². The van der Waals surface area contributed by atoms with Crippen LogP contribution in [-0.4, -0.2) is 111 Å². The van der Waals surface area contributed by atoms with E-state index in [4.69, 9.17) is 18.9 Å². The Labute approximate surface area is 627 Å². The average molecular weight is 2310 g/mol. The van der Waals surface area contributed by atoms with Crippen LogP contribution in [0, 0.1) is 54.8 Å². The summed E-state index contributed by atoms with van der Waals surface area (Å²) in [6.07, 6.45) is 5.11. The molecule has 4 aliphatic carbocycles. The lowest BCUT2D eigenvalue weighted by Crippen LogP contribution is -2.58. The van der Waals surface area contributed by atoms with E-state index in [9.17, 15) is 85.2 Å². The number of esters is 6. The van der Waals surface area contributed by atoms with Crippen LogP contribution >= 0.6 is 203 Å². The molecule has 0 N–H and O–H groups in total. The van der Waals surface area contributed by atoms with E-state index < -0.39 is 107 Å². The standard InChI is InChI=1S/C20H11F2I3O7S.C20H21I3O7S.C12H7F2I3O7S/c21-20(22,33(28,29)30)9-31-18(26)12-5-1-3-10-4-2-6-13(16(10)12)19(27)32-17-14(24)7-11(23)8-15(17)25;21-13-4-14(22)16(15(23)5-13)30-18(25)20-8-11-3-12(9-20)7-19(6-11,10-20)17(24)29-1-2-31(26,27)28;13-12(14,25(20,21)22)5-23-9(18)1-2-10(19)24-11-7(16)3-6(15)4-8(11)17/h1-8H,9H2,(H,28,29,30);4-5,11-12H,1-3,6-10H2,(H,26,27,28);1-4H,5H2,(H,20,21,22)/p-3/b;;2-1-. The summed E-state index contributed by atoms with van der Waals surface area (Å²) in [4.78, 5) is 74.8.